The SMILES string of the molecule is CC(N)=NC/C=C/CCC(=O)O. The maximum absolute atomic E-state index is 10.1. The second-order valence-electron chi connectivity index (χ2n) is 2.39. The molecule has 4 nitrogen and oxygen atoms in total. The second-order valence-corrected chi connectivity index (χ2v) is 2.39. The first-order valence-electron chi connectivity index (χ1n) is 3.76. The molecule has 0 atom stereocenters. The van der Waals surface area contributed by atoms with Crippen molar-refractivity contribution in [1.82, 2.24) is 0 Å². The Morgan fingerprint density at radius 3 is 2.75 bits per heavy atom. The summed E-state index contributed by atoms with van der Waals surface area (Å²) in [6.07, 6.45) is 4.32. The summed E-state index contributed by atoms with van der Waals surface area (Å²) in [5.41, 5.74) is 5.28. The third kappa shape index (κ3) is 8.68. The van der Waals surface area contributed by atoms with Gasteiger partial charge < -0.3 is 10.8 Å². The number of nitrogens with zero attached hydrogens (tertiary/aromatic N) is 1. The number of hydrogen-bond acceptors (Lipinski definition) is 2. The van der Waals surface area contributed by atoms with Crippen molar-refractivity contribution in [3.8, 4) is 0 Å². The molecule has 0 spiro atoms. The zero-order valence-electron chi connectivity index (χ0n) is 7.16. The van der Waals surface area contributed by atoms with Crippen LogP contribution < -0.4 is 5.73 Å². The summed E-state index contributed by atoms with van der Waals surface area (Å²) in [4.78, 5) is 14.0. The lowest BCUT2D eigenvalue weighted by Gasteiger charge is -1.88. The van der Waals surface area contributed by atoms with Crippen LogP contribution in [0.25, 0.3) is 0 Å². The van der Waals surface area contributed by atoms with Crippen LogP contribution in [-0.2, 0) is 4.79 Å². The normalized spacial score (nSPS) is 12.2. The fraction of sp³-hybridized carbons (Fsp3) is 0.500. The number of aliphatic imine (C=N–C) groups is 1. The molecule has 0 aromatic carbocycles. The molecule has 0 aromatic heterocycles. The van der Waals surface area contributed by atoms with E-state index in [9.17, 15) is 4.79 Å². The molecule has 0 aliphatic rings. The van der Waals surface area contributed by atoms with Crippen molar-refractivity contribution in [2.24, 2.45) is 10.7 Å². The van der Waals surface area contributed by atoms with Gasteiger partial charge in [0.15, 0.2) is 0 Å². The highest BCUT2D eigenvalue weighted by Crippen LogP contribution is 1.90. The number of hydrogen-bond donors (Lipinski definition) is 2. The van der Waals surface area contributed by atoms with Crippen molar-refractivity contribution in [3.63, 3.8) is 0 Å². The Morgan fingerprint density at radius 1 is 1.58 bits per heavy atom. The summed E-state index contributed by atoms with van der Waals surface area (Å²) in [5.74, 6) is -0.240. The number of aliphatic carboxylic acids is 1. The molecular formula is C8H14N2O2. The van der Waals surface area contributed by atoms with E-state index in [4.69, 9.17) is 10.8 Å². The molecule has 0 saturated carbocycles. The summed E-state index contributed by atoms with van der Waals surface area (Å²) in [5, 5.41) is 8.28. The van der Waals surface area contributed by atoms with Crippen molar-refractivity contribution >= 4 is 11.8 Å². The molecule has 0 fully saturated rings. The zero-order chi connectivity index (χ0) is 9.40. The van der Waals surface area contributed by atoms with Crippen molar-refractivity contribution in [1.29, 1.82) is 0 Å². The van der Waals surface area contributed by atoms with Gasteiger partial charge in [-0.1, -0.05) is 12.2 Å². The van der Waals surface area contributed by atoms with E-state index in [0.717, 1.165) is 0 Å². The van der Waals surface area contributed by atoms with Crippen molar-refractivity contribution in [2.75, 3.05) is 6.54 Å². The summed E-state index contributed by atoms with van der Waals surface area (Å²) < 4.78 is 0. The third-order valence-electron chi connectivity index (χ3n) is 1.14. The average molecular weight is 170 g/mol. The van der Waals surface area contributed by atoms with E-state index < -0.39 is 5.97 Å². The van der Waals surface area contributed by atoms with Gasteiger partial charge in [-0.2, -0.15) is 0 Å². The van der Waals surface area contributed by atoms with E-state index in [1.54, 1.807) is 19.1 Å². The summed E-state index contributed by atoms with van der Waals surface area (Å²) in [6.45, 7) is 2.24. The molecule has 0 rings (SSSR count). The Bertz CT molecular complexity index is 193. The molecule has 3 N–H and O–H groups in total. The lowest BCUT2D eigenvalue weighted by atomic mass is 10.3. The van der Waals surface area contributed by atoms with Gasteiger partial charge in [-0.25, -0.2) is 0 Å². The molecule has 0 amide bonds. The lowest BCUT2D eigenvalue weighted by Crippen LogP contribution is -2.05. The average Bonchev–Trinajstić information content (AvgIpc) is 1.95. The minimum absolute atomic E-state index is 0.168. The maximum atomic E-state index is 10.1. The van der Waals surface area contributed by atoms with Gasteiger partial charge in [0.2, 0.25) is 0 Å². The fourth-order valence-corrected chi connectivity index (χ4v) is 0.596. The van der Waals surface area contributed by atoms with E-state index in [0.29, 0.717) is 18.8 Å². The minimum atomic E-state index is -0.779. The minimum Gasteiger partial charge on any atom is -0.481 e. The van der Waals surface area contributed by atoms with Crippen molar-refractivity contribution in [2.45, 2.75) is 19.8 Å². The Morgan fingerprint density at radius 2 is 2.25 bits per heavy atom. The first kappa shape index (κ1) is 10.7. The van der Waals surface area contributed by atoms with Gasteiger partial charge in [-0.15, -0.1) is 0 Å². The lowest BCUT2D eigenvalue weighted by molar-refractivity contribution is -0.136. The predicted octanol–water partition coefficient (Wildman–Crippen LogP) is 0.784. The van der Waals surface area contributed by atoms with E-state index in [1.165, 1.54) is 0 Å². The number of nitrogens with two attached hydrogens (primary N) is 1. The number of carbonyl (C=O) groups is 1. The van der Waals surface area contributed by atoms with Gasteiger partial charge in [-0.3, -0.25) is 9.79 Å². The Hall–Kier alpha value is -1.32. The van der Waals surface area contributed by atoms with Crippen LogP contribution in [0.4, 0.5) is 0 Å². The van der Waals surface area contributed by atoms with Crippen LogP contribution in [0.2, 0.25) is 0 Å². The Balaban J connectivity index is 3.38. The topological polar surface area (TPSA) is 75.7 Å². The summed E-state index contributed by atoms with van der Waals surface area (Å²) in [6, 6.07) is 0. The summed E-state index contributed by atoms with van der Waals surface area (Å²) in [7, 11) is 0. The van der Waals surface area contributed by atoms with Crippen LogP contribution >= 0.6 is 0 Å². The number of amidine groups is 1. The van der Waals surface area contributed by atoms with E-state index >= 15 is 0 Å². The molecule has 12 heavy (non-hydrogen) atoms. The maximum Gasteiger partial charge on any atom is 0.303 e. The number of rotatable bonds is 5. The standard InChI is InChI=1S/C8H14N2O2/c1-7(9)10-6-4-2-3-5-8(11)12/h2,4H,3,5-6H2,1H3,(H2,9,10)(H,11,12)/b4-2+. The first-order valence-corrected chi connectivity index (χ1v) is 3.76. The molecule has 0 heterocycles. The van der Waals surface area contributed by atoms with Gasteiger partial charge in [-0.05, 0) is 13.3 Å². The van der Waals surface area contributed by atoms with Crippen LogP contribution in [0.3, 0.4) is 0 Å². The van der Waals surface area contributed by atoms with E-state index in [-0.39, 0.29) is 6.42 Å². The molecule has 0 aliphatic heterocycles. The van der Waals surface area contributed by atoms with Gasteiger partial charge in [0.05, 0.1) is 12.4 Å². The number of allylic oxidation sites excluding steroid dienone is 1. The monoisotopic (exact) mass is 170 g/mol. The molecule has 0 aliphatic carbocycles. The number of carboxylic acid groups (broad SMARTS) is 1. The van der Waals surface area contributed by atoms with Gasteiger partial charge >= 0.3 is 5.97 Å². The first-order chi connectivity index (χ1) is 5.63. The van der Waals surface area contributed by atoms with Gasteiger partial charge in [0, 0.05) is 6.42 Å². The second kappa shape index (κ2) is 6.39. The molecular weight excluding hydrogens is 156 g/mol. The molecule has 0 saturated heterocycles. The fourth-order valence-electron chi connectivity index (χ4n) is 0.596. The number of carboxylic acids is 1. The van der Waals surface area contributed by atoms with E-state index in [2.05, 4.69) is 4.99 Å². The van der Waals surface area contributed by atoms with Crippen LogP contribution in [0, 0.1) is 0 Å². The van der Waals surface area contributed by atoms with Crippen LogP contribution in [0.1, 0.15) is 19.8 Å². The quantitative estimate of drug-likeness (QED) is 0.364. The Kier molecular flexibility index (Phi) is 5.69. The molecule has 0 aromatic rings. The molecule has 68 valence electrons. The molecule has 0 unspecified atom stereocenters. The van der Waals surface area contributed by atoms with Gasteiger partial charge in [0.25, 0.3) is 0 Å². The van der Waals surface area contributed by atoms with Crippen LogP contribution in [0.15, 0.2) is 17.1 Å². The highest BCUT2D eigenvalue weighted by atomic mass is 16.4. The molecule has 4 heteroatoms. The van der Waals surface area contributed by atoms with E-state index in [1.807, 2.05) is 0 Å². The predicted molar refractivity (Wildman–Crippen MR) is 48.2 cm³/mol. The van der Waals surface area contributed by atoms with Gasteiger partial charge in [0.1, 0.15) is 0 Å². The van der Waals surface area contributed by atoms with Crippen molar-refractivity contribution in [3.05, 3.63) is 12.2 Å². The smallest absolute Gasteiger partial charge is 0.303 e. The van der Waals surface area contributed by atoms with Crippen LogP contribution in [-0.4, -0.2) is 23.5 Å². The van der Waals surface area contributed by atoms with Crippen LogP contribution in [0.5, 0.6) is 0 Å². The third-order valence-corrected chi connectivity index (χ3v) is 1.14. The highest BCUT2D eigenvalue weighted by molar-refractivity contribution is 5.77. The summed E-state index contributed by atoms with van der Waals surface area (Å²) >= 11 is 0. The largest absolute Gasteiger partial charge is 0.481 e. The molecule has 0 bridgehead atoms. The zero-order valence-corrected chi connectivity index (χ0v) is 7.16. The molecule has 0 radical (unpaired) electrons. The van der Waals surface area contributed by atoms with Crippen molar-refractivity contribution < 1.29 is 9.90 Å². The Labute approximate surface area is 71.8 Å². The highest BCUT2D eigenvalue weighted by Gasteiger charge is 1.90.